The second kappa shape index (κ2) is 8.49. The Morgan fingerprint density at radius 1 is 1.00 bits per heavy atom. The zero-order valence-corrected chi connectivity index (χ0v) is 13.7. The molecule has 7 nitrogen and oxygen atoms in total. The van der Waals surface area contributed by atoms with E-state index in [0.717, 1.165) is 6.42 Å². The third kappa shape index (κ3) is 5.65. The number of benzene rings is 2. The van der Waals surface area contributed by atoms with Gasteiger partial charge in [-0.3, -0.25) is 10.2 Å². The van der Waals surface area contributed by atoms with E-state index in [9.17, 15) is 9.59 Å². The largest absolute Gasteiger partial charge is 0.427 e. The summed E-state index contributed by atoms with van der Waals surface area (Å²) in [6.45, 7) is 1.90. The topological polar surface area (TPSA) is 114 Å². The van der Waals surface area contributed by atoms with Crippen LogP contribution in [0.1, 0.15) is 30.1 Å². The molecule has 2 aromatic carbocycles. The van der Waals surface area contributed by atoms with E-state index in [1.165, 1.54) is 0 Å². The number of guanidine groups is 1. The number of hydrogen-bond donors (Lipinski definition) is 3. The molecule has 2 rings (SSSR count). The van der Waals surface area contributed by atoms with Crippen LogP contribution in [-0.4, -0.2) is 17.9 Å². The van der Waals surface area contributed by atoms with Crippen molar-refractivity contribution in [1.82, 2.24) is 0 Å². The standard InChI is InChI=1S/C18H19N3O4/c1-2-3-16(22)24-14-8-10-15(11-9-14)25-17(23)12-4-6-13(7-5-12)21-18(19)20/h4-11H,2-3H2,1H3,(H4,19,20,21). The molecule has 0 atom stereocenters. The maximum Gasteiger partial charge on any atom is 0.343 e. The fourth-order valence-corrected chi connectivity index (χ4v) is 1.97. The van der Waals surface area contributed by atoms with E-state index in [1.54, 1.807) is 48.5 Å². The first kappa shape index (κ1) is 18.0. The number of carbonyl (C=O) groups is 2. The highest BCUT2D eigenvalue weighted by Gasteiger charge is 2.09. The summed E-state index contributed by atoms with van der Waals surface area (Å²) in [4.78, 5) is 23.5. The van der Waals surface area contributed by atoms with Crippen molar-refractivity contribution < 1.29 is 19.1 Å². The molecule has 0 heterocycles. The number of ether oxygens (including phenoxy) is 2. The van der Waals surface area contributed by atoms with E-state index in [-0.39, 0.29) is 11.9 Å². The average Bonchev–Trinajstić information content (AvgIpc) is 2.57. The highest BCUT2D eigenvalue weighted by atomic mass is 16.5. The maximum atomic E-state index is 12.1. The van der Waals surface area contributed by atoms with Gasteiger partial charge in [0.2, 0.25) is 0 Å². The van der Waals surface area contributed by atoms with Gasteiger partial charge in [0, 0.05) is 12.1 Å². The molecule has 25 heavy (non-hydrogen) atoms. The summed E-state index contributed by atoms with van der Waals surface area (Å²) in [6, 6.07) is 12.6. The average molecular weight is 341 g/mol. The minimum absolute atomic E-state index is 0.185. The molecule has 0 aliphatic carbocycles. The summed E-state index contributed by atoms with van der Waals surface area (Å²) in [7, 11) is 0. The Labute approximate surface area is 145 Å². The first-order chi connectivity index (χ1) is 12.0. The van der Waals surface area contributed by atoms with E-state index in [0.29, 0.717) is 29.2 Å². The van der Waals surface area contributed by atoms with Crippen LogP contribution in [0.15, 0.2) is 48.5 Å². The van der Waals surface area contributed by atoms with Crippen LogP contribution in [0, 0.1) is 5.41 Å². The second-order valence-electron chi connectivity index (χ2n) is 5.20. The highest BCUT2D eigenvalue weighted by Crippen LogP contribution is 2.19. The minimum atomic E-state index is -0.523. The van der Waals surface area contributed by atoms with Crippen molar-refractivity contribution >= 4 is 23.6 Å². The summed E-state index contributed by atoms with van der Waals surface area (Å²) in [5, 5.41) is 9.76. The molecule has 0 aliphatic heterocycles. The Balaban J connectivity index is 1.95. The Kier molecular flexibility index (Phi) is 6.11. The molecule has 0 aromatic heterocycles. The molecule has 4 N–H and O–H groups in total. The fourth-order valence-electron chi connectivity index (χ4n) is 1.97. The highest BCUT2D eigenvalue weighted by molar-refractivity contribution is 5.93. The summed E-state index contributed by atoms with van der Waals surface area (Å²) < 4.78 is 10.4. The van der Waals surface area contributed by atoms with E-state index >= 15 is 0 Å². The predicted molar refractivity (Wildman–Crippen MR) is 93.9 cm³/mol. The van der Waals surface area contributed by atoms with Gasteiger partial charge in [-0.05, 0) is 55.0 Å². The van der Waals surface area contributed by atoms with Crippen LogP contribution in [0.3, 0.4) is 0 Å². The van der Waals surface area contributed by atoms with Crippen LogP contribution in [0.4, 0.5) is 5.69 Å². The zero-order chi connectivity index (χ0) is 18.2. The third-order valence-corrected chi connectivity index (χ3v) is 3.12. The molecule has 0 bridgehead atoms. The van der Waals surface area contributed by atoms with Crippen molar-refractivity contribution in [3.63, 3.8) is 0 Å². The predicted octanol–water partition coefficient (Wildman–Crippen LogP) is 2.92. The molecule has 0 aliphatic rings. The number of esters is 2. The van der Waals surface area contributed by atoms with Gasteiger partial charge in [-0.1, -0.05) is 6.92 Å². The third-order valence-electron chi connectivity index (χ3n) is 3.12. The zero-order valence-electron chi connectivity index (χ0n) is 13.7. The van der Waals surface area contributed by atoms with Crippen molar-refractivity contribution in [1.29, 1.82) is 5.41 Å². The van der Waals surface area contributed by atoms with Crippen molar-refractivity contribution in [2.75, 3.05) is 5.32 Å². The number of carbonyl (C=O) groups excluding carboxylic acids is 2. The molecule has 2 aromatic rings. The van der Waals surface area contributed by atoms with Gasteiger partial charge in [0.1, 0.15) is 11.5 Å². The van der Waals surface area contributed by atoms with Crippen LogP contribution in [-0.2, 0) is 4.79 Å². The molecule has 0 fully saturated rings. The van der Waals surface area contributed by atoms with Crippen molar-refractivity contribution in [2.45, 2.75) is 19.8 Å². The fraction of sp³-hybridized carbons (Fsp3) is 0.167. The summed E-state index contributed by atoms with van der Waals surface area (Å²) in [5.41, 5.74) is 6.19. The Morgan fingerprint density at radius 2 is 1.56 bits per heavy atom. The van der Waals surface area contributed by atoms with Crippen molar-refractivity contribution in [3.05, 3.63) is 54.1 Å². The monoisotopic (exact) mass is 341 g/mol. The van der Waals surface area contributed by atoms with E-state index in [4.69, 9.17) is 20.6 Å². The lowest BCUT2D eigenvalue weighted by molar-refractivity contribution is -0.134. The molecule has 0 saturated carbocycles. The van der Waals surface area contributed by atoms with Crippen molar-refractivity contribution in [3.8, 4) is 11.5 Å². The van der Waals surface area contributed by atoms with E-state index in [2.05, 4.69) is 5.32 Å². The first-order valence-corrected chi connectivity index (χ1v) is 7.72. The lowest BCUT2D eigenvalue weighted by Gasteiger charge is -2.07. The summed E-state index contributed by atoms with van der Waals surface area (Å²) in [6.07, 6.45) is 1.07. The van der Waals surface area contributed by atoms with Crippen LogP contribution in [0.25, 0.3) is 0 Å². The number of anilines is 1. The molecular formula is C18H19N3O4. The summed E-state index contributed by atoms with van der Waals surface area (Å²) in [5.74, 6) is -0.268. The van der Waals surface area contributed by atoms with Crippen LogP contribution in [0.5, 0.6) is 11.5 Å². The lowest BCUT2D eigenvalue weighted by Crippen LogP contribution is -2.20. The minimum Gasteiger partial charge on any atom is -0.427 e. The van der Waals surface area contributed by atoms with E-state index < -0.39 is 5.97 Å². The van der Waals surface area contributed by atoms with Gasteiger partial charge in [0.25, 0.3) is 0 Å². The normalized spacial score (nSPS) is 9.96. The SMILES string of the molecule is CCCC(=O)Oc1ccc(OC(=O)c2ccc(NC(=N)N)cc2)cc1. The molecule has 7 heteroatoms. The summed E-state index contributed by atoms with van der Waals surface area (Å²) >= 11 is 0. The maximum absolute atomic E-state index is 12.1. The molecular weight excluding hydrogens is 322 g/mol. The molecule has 0 radical (unpaired) electrons. The number of hydrogen-bond acceptors (Lipinski definition) is 5. The Hall–Kier alpha value is -3.35. The quantitative estimate of drug-likeness (QED) is 0.322. The van der Waals surface area contributed by atoms with Gasteiger partial charge in [-0.25, -0.2) is 4.79 Å². The smallest absolute Gasteiger partial charge is 0.343 e. The number of nitrogens with one attached hydrogen (secondary N) is 2. The lowest BCUT2D eigenvalue weighted by atomic mass is 10.2. The Morgan fingerprint density at radius 3 is 2.08 bits per heavy atom. The molecule has 130 valence electrons. The number of nitrogens with two attached hydrogens (primary N) is 1. The van der Waals surface area contributed by atoms with Gasteiger partial charge in [-0.2, -0.15) is 0 Å². The second-order valence-corrected chi connectivity index (χ2v) is 5.20. The first-order valence-electron chi connectivity index (χ1n) is 7.72. The van der Waals surface area contributed by atoms with Gasteiger partial charge in [0.05, 0.1) is 5.56 Å². The van der Waals surface area contributed by atoms with Crippen LogP contribution < -0.4 is 20.5 Å². The van der Waals surface area contributed by atoms with Gasteiger partial charge in [0.15, 0.2) is 5.96 Å². The Bertz CT molecular complexity index is 755. The van der Waals surface area contributed by atoms with Gasteiger partial charge < -0.3 is 20.5 Å². The number of rotatable bonds is 6. The van der Waals surface area contributed by atoms with E-state index in [1.807, 2.05) is 6.92 Å². The van der Waals surface area contributed by atoms with Gasteiger partial charge >= 0.3 is 11.9 Å². The molecule has 0 spiro atoms. The molecule has 0 amide bonds. The van der Waals surface area contributed by atoms with Gasteiger partial charge in [-0.15, -0.1) is 0 Å². The van der Waals surface area contributed by atoms with Crippen LogP contribution in [0.2, 0.25) is 0 Å². The van der Waals surface area contributed by atoms with Crippen LogP contribution >= 0.6 is 0 Å². The molecule has 0 saturated heterocycles. The molecule has 0 unspecified atom stereocenters. The van der Waals surface area contributed by atoms with Crippen molar-refractivity contribution in [2.24, 2.45) is 5.73 Å².